The minimum atomic E-state index is -0.440. The normalized spacial score (nSPS) is 20.1. The van der Waals surface area contributed by atoms with E-state index in [2.05, 4.69) is 40.2 Å². The summed E-state index contributed by atoms with van der Waals surface area (Å²) in [6.07, 6.45) is 2.50. The molecule has 0 bridgehead atoms. The first-order valence-electron chi connectivity index (χ1n) is 7.18. The quantitative estimate of drug-likeness (QED) is 0.929. The molecule has 1 fully saturated rings. The number of aliphatic hydroxyl groups excluding tert-OH is 1. The molecular formula is C17H20N2O. The third kappa shape index (κ3) is 2.68. The minimum absolute atomic E-state index is 0.440. The molecule has 0 radical (unpaired) electrons. The molecule has 2 unspecified atom stereocenters. The summed E-state index contributed by atoms with van der Waals surface area (Å²) < 4.78 is 0. The van der Waals surface area contributed by atoms with Gasteiger partial charge in [0.05, 0.1) is 6.10 Å². The first-order chi connectivity index (χ1) is 9.74. The van der Waals surface area contributed by atoms with E-state index in [4.69, 9.17) is 0 Å². The standard InChI is InChI=1S/C17H20N2O/c1-13(20)15-7-9-18-17(11-15)19-10-8-16(12-19)14-5-3-2-4-6-14/h2-7,9,11,13,16,20H,8,10,12H2,1H3. The van der Waals surface area contributed by atoms with Crippen LogP contribution in [0.15, 0.2) is 48.7 Å². The highest BCUT2D eigenvalue weighted by atomic mass is 16.3. The third-order valence-corrected chi connectivity index (χ3v) is 4.04. The third-order valence-electron chi connectivity index (χ3n) is 4.04. The molecule has 0 saturated carbocycles. The summed E-state index contributed by atoms with van der Waals surface area (Å²) in [5, 5.41) is 9.67. The fraction of sp³-hybridized carbons (Fsp3) is 0.353. The van der Waals surface area contributed by atoms with E-state index in [1.165, 1.54) is 5.56 Å². The molecule has 3 nitrogen and oxygen atoms in total. The number of anilines is 1. The van der Waals surface area contributed by atoms with Crippen LogP contribution < -0.4 is 4.90 Å². The highest BCUT2D eigenvalue weighted by Gasteiger charge is 2.24. The molecule has 1 aliphatic rings. The smallest absolute Gasteiger partial charge is 0.128 e. The van der Waals surface area contributed by atoms with Crippen LogP contribution in [0.3, 0.4) is 0 Å². The molecule has 1 saturated heterocycles. The molecular weight excluding hydrogens is 248 g/mol. The second-order valence-electron chi connectivity index (χ2n) is 5.47. The molecule has 2 atom stereocenters. The van der Waals surface area contributed by atoms with Gasteiger partial charge in [0.15, 0.2) is 0 Å². The SMILES string of the molecule is CC(O)c1ccnc(N2CCC(c3ccccc3)C2)c1. The number of hydrogen-bond donors (Lipinski definition) is 1. The maximum atomic E-state index is 9.67. The Bertz CT molecular complexity index is 568. The van der Waals surface area contributed by atoms with Gasteiger partial charge in [0.25, 0.3) is 0 Å². The van der Waals surface area contributed by atoms with Crippen molar-refractivity contribution in [2.75, 3.05) is 18.0 Å². The van der Waals surface area contributed by atoms with E-state index in [0.717, 1.165) is 30.9 Å². The summed E-state index contributed by atoms with van der Waals surface area (Å²) in [6, 6.07) is 14.5. The lowest BCUT2D eigenvalue weighted by atomic mass is 9.99. The lowest BCUT2D eigenvalue weighted by Gasteiger charge is -2.19. The molecule has 0 amide bonds. The van der Waals surface area contributed by atoms with E-state index in [1.807, 2.05) is 12.1 Å². The molecule has 3 rings (SSSR count). The van der Waals surface area contributed by atoms with Gasteiger partial charge in [-0.15, -0.1) is 0 Å². The van der Waals surface area contributed by atoms with Gasteiger partial charge in [-0.05, 0) is 36.6 Å². The summed E-state index contributed by atoms with van der Waals surface area (Å²) in [5.74, 6) is 1.55. The van der Waals surface area contributed by atoms with Crippen molar-refractivity contribution in [3.8, 4) is 0 Å². The molecule has 1 aromatic heterocycles. The van der Waals surface area contributed by atoms with Gasteiger partial charge in [0.1, 0.15) is 5.82 Å². The summed E-state index contributed by atoms with van der Waals surface area (Å²) >= 11 is 0. The van der Waals surface area contributed by atoms with Gasteiger partial charge in [-0.3, -0.25) is 0 Å². The molecule has 1 aliphatic heterocycles. The topological polar surface area (TPSA) is 36.4 Å². The highest BCUT2D eigenvalue weighted by Crippen LogP contribution is 2.30. The number of nitrogens with zero attached hydrogens (tertiary/aromatic N) is 2. The van der Waals surface area contributed by atoms with Crippen molar-refractivity contribution < 1.29 is 5.11 Å². The number of hydrogen-bond acceptors (Lipinski definition) is 3. The van der Waals surface area contributed by atoms with Crippen molar-refractivity contribution in [3.63, 3.8) is 0 Å². The Labute approximate surface area is 119 Å². The van der Waals surface area contributed by atoms with Crippen molar-refractivity contribution in [2.24, 2.45) is 0 Å². The maximum absolute atomic E-state index is 9.67. The monoisotopic (exact) mass is 268 g/mol. The Morgan fingerprint density at radius 2 is 2.05 bits per heavy atom. The molecule has 20 heavy (non-hydrogen) atoms. The number of aromatic nitrogens is 1. The van der Waals surface area contributed by atoms with Crippen LogP contribution in [0.5, 0.6) is 0 Å². The Morgan fingerprint density at radius 3 is 2.80 bits per heavy atom. The van der Waals surface area contributed by atoms with Crippen LogP contribution in [0.2, 0.25) is 0 Å². The number of pyridine rings is 1. The molecule has 0 spiro atoms. The molecule has 2 aromatic rings. The zero-order valence-electron chi connectivity index (χ0n) is 11.7. The van der Waals surface area contributed by atoms with E-state index in [1.54, 1.807) is 13.1 Å². The Morgan fingerprint density at radius 1 is 1.25 bits per heavy atom. The van der Waals surface area contributed by atoms with E-state index >= 15 is 0 Å². The summed E-state index contributed by atoms with van der Waals surface area (Å²) in [7, 11) is 0. The summed E-state index contributed by atoms with van der Waals surface area (Å²) in [6.45, 7) is 3.81. The Kier molecular flexibility index (Phi) is 3.70. The molecule has 0 aliphatic carbocycles. The Hall–Kier alpha value is -1.87. The Balaban J connectivity index is 1.76. The van der Waals surface area contributed by atoms with Gasteiger partial charge in [-0.1, -0.05) is 30.3 Å². The van der Waals surface area contributed by atoms with E-state index in [0.29, 0.717) is 5.92 Å². The van der Waals surface area contributed by atoms with Crippen LogP contribution in [0.4, 0.5) is 5.82 Å². The minimum Gasteiger partial charge on any atom is -0.389 e. The maximum Gasteiger partial charge on any atom is 0.128 e. The number of benzene rings is 1. The molecule has 1 aromatic carbocycles. The van der Waals surface area contributed by atoms with Crippen molar-refractivity contribution in [3.05, 3.63) is 59.8 Å². The zero-order chi connectivity index (χ0) is 13.9. The van der Waals surface area contributed by atoms with Gasteiger partial charge in [-0.25, -0.2) is 4.98 Å². The van der Waals surface area contributed by atoms with Crippen LogP contribution in [0.25, 0.3) is 0 Å². The predicted molar refractivity (Wildman–Crippen MR) is 80.9 cm³/mol. The highest BCUT2D eigenvalue weighted by molar-refractivity contribution is 5.44. The molecule has 2 heterocycles. The van der Waals surface area contributed by atoms with E-state index in [-0.39, 0.29) is 0 Å². The average molecular weight is 268 g/mol. The van der Waals surface area contributed by atoms with Crippen molar-refractivity contribution >= 4 is 5.82 Å². The van der Waals surface area contributed by atoms with Crippen LogP contribution in [0.1, 0.15) is 36.5 Å². The molecule has 104 valence electrons. The first-order valence-corrected chi connectivity index (χ1v) is 7.18. The van der Waals surface area contributed by atoms with Gasteiger partial charge >= 0.3 is 0 Å². The fourth-order valence-electron chi connectivity index (χ4n) is 2.83. The first kappa shape index (κ1) is 13.1. The zero-order valence-corrected chi connectivity index (χ0v) is 11.7. The summed E-state index contributed by atoms with van der Waals surface area (Å²) in [5.41, 5.74) is 2.33. The van der Waals surface area contributed by atoms with Gasteiger partial charge in [0.2, 0.25) is 0 Å². The summed E-state index contributed by atoms with van der Waals surface area (Å²) in [4.78, 5) is 6.76. The fourth-order valence-corrected chi connectivity index (χ4v) is 2.83. The van der Waals surface area contributed by atoms with Crippen molar-refractivity contribution in [2.45, 2.75) is 25.4 Å². The predicted octanol–water partition coefficient (Wildman–Crippen LogP) is 3.13. The largest absolute Gasteiger partial charge is 0.389 e. The van der Waals surface area contributed by atoms with Gasteiger partial charge in [0, 0.05) is 25.2 Å². The number of aliphatic hydroxyl groups is 1. The second kappa shape index (κ2) is 5.63. The van der Waals surface area contributed by atoms with Crippen molar-refractivity contribution in [1.29, 1.82) is 0 Å². The van der Waals surface area contributed by atoms with Crippen molar-refractivity contribution in [1.82, 2.24) is 4.98 Å². The average Bonchev–Trinajstić information content (AvgIpc) is 2.98. The number of rotatable bonds is 3. The van der Waals surface area contributed by atoms with Crippen LogP contribution >= 0.6 is 0 Å². The van der Waals surface area contributed by atoms with Gasteiger partial charge < -0.3 is 10.0 Å². The lowest BCUT2D eigenvalue weighted by molar-refractivity contribution is 0.199. The van der Waals surface area contributed by atoms with E-state index in [9.17, 15) is 5.11 Å². The lowest BCUT2D eigenvalue weighted by Crippen LogP contribution is -2.20. The molecule has 1 N–H and O–H groups in total. The van der Waals surface area contributed by atoms with Crippen LogP contribution in [-0.2, 0) is 0 Å². The van der Waals surface area contributed by atoms with Crippen LogP contribution in [-0.4, -0.2) is 23.2 Å². The van der Waals surface area contributed by atoms with E-state index < -0.39 is 6.10 Å². The van der Waals surface area contributed by atoms with Crippen LogP contribution in [0, 0.1) is 0 Å². The molecule has 3 heteroatoms. The van der Waals surface area contributed by atoms with Gasteiger partial charge in [-0.2, -0.15) is 0 Å². The second-order valence-corrected chi connectivity index (χ2v) is 5.47.